The van der Waals surface area contributed by atoms with Crippen molar-refractivity contribution >= 4 is 5.91 Å². The van der Waals surface area contributed by atoms with Crippen molar-refractivity contribution in [1.82, 2.24) is 10.2 Å². The number of nitrogens with zero attached hydrogens (tertiary/aromatic N) is 1. The zero-order valence-electron chi connectivity index (χ0n) is 12.5. The number of nitrogens with one attached hydrogen (secondary N) is 1. The van der Waals surface area contributed by atoms with E-state index in [9.17, 15) is 4.79 Å². The summed E-state index contributed by atoms with van der Waals surface area (Å²) in [6, 6.07) is 10.4. The third-order valence-corrected chi connectivity index (χ3v) is 4.82. The molecular weight excluding hydrogens is 262 g/mol. The van der Waals surface area contributed by atoms with E-state index in [0.29, 0.717) is 18.5 Å². The Morgan fingerprint density at radius 1 is 1.24 bits per heavy atom. The fraction of sp³-hybridized carbons (Fsp3) is 0.588. The van der Waals surface area contributed by atoms with Gasteiger partial charge in [-0.05, 0) is 37.8 Å². The lowest BCUT2D eigenvalue weighted by Gasteiger charge is -2.32. The van der Waals surface area contributed by atoms with E-state index in [1.807, 2.05) is 30.3 Å². The predicted molar refractivity (Wildman–Crippen MR) is 83.9 cm³/mol. The molecule has 2 heterocycles. The molecule has 3 unspecified atom stereocenters. The average molecular weight is 287 g/mol. The molecule has 0 saturated carbocycles. The summed E-state index contributed by atoms with van der Waals surface area (Å²) in [7, 11) is 0. The molecule has 3 atom stereocenters. The maximum atomic E-state index is 12.3. The lowest BCUT2D eigenvalue weighted by molar-refractivity contribution is -0.123. The largest absolute Gasteiger partial charge is 0.350 e. The first-order chi connectivity index (χ1) is 10.2. The Morgan fingerprint density at radius 3 is 2.86 bits per heavy atom. The van der Waals surface area contributed by atoms with Crippen molar-refractivity contribution in [3.05, 3.63) is 35.9 Å². The molecule has 0 aliphatic carbocycles. The molecule has 3 rings (SSSR count). The van der Waals surface area contributed by atoms with Gasteiger partial charge in [0.25, 0.3) is 0 Å². The van der Waals surface area contributed by atoms with Crippen LogP contribution in [0.15, 0.2) is 30.3 Å². The van der Waals surface area contributed by atoms with Gasteiger partial charge in [-0.25, -0.2) is 0 Å². The highest BCUT2D eigenvalue weighted by molar-refractivity contribution is 5.82. The molecule has 0 spiro atoms. The zero-order valence-corrected chi connectivity index (χ0v) is 12.5. The van der Waals surface area contributed by atoms with Gasteiger partial charge in [0.2, 0.25) is 5.91 Å². The van der Waals surface area contributed by atoms with Crippen LogP contribution in [0.4, 0.5) is 0 Å². The normalized spacial score (nSPS) is 27.1. The van der Waals surface area contributed by atoms with Crippen LogP contribution >= 0.6 is 0 Å². The van der Waals surface area contributed by atoms with E-state index in [1.165, 1.54) is 25.8 Å². The van der Waals surface area contributed by atoms with Crippen LogP contribution in [-0.2, 0) is 11.2 Å². The smallest absolute Gasteiger partial charge is 0.237 e. The van der Waals surface area contributed by atoms with Crippen molar-refractivity contribution in [2.24, 2.45) is 5.73 Å². The summed E-state index contributed by atoms with van der Waals surface area (Å²) in [5, 5.41) is 3.19. The summed E-state index contributed by atoms with van der Waals surface area (Å²) in [5.41, 5.74) is 7.19. The minimum Gasteiger partial charge on any atom is -0.350 e. The van der Waals surface area contributed by atoms with E-state index < -0.39 is 6.04 Å². The molecule has 1 amide bonds. The molecule has 4 nitrogen and oxygen atoms in total. The van der Waals surface area contributed by atoms with Gasteiger partial charge in [0.15, 0.2) is 0 Å². The van der Waals surface area contributed by atoms with Crippen LogP contribution in [0.3, 0.4) is 0 Å². The molecule has 2 aliphatic heterocycles. The van der Waals surface area contributed by atoms with E-state index in [0.717, 1.165) is 18.5 Å². The van der Waals surface area contributed by atoms with Crippen LogP contribution in [0.5, 0.6) is 0 Å². The Morgan fingerprint density at radius 2 is 2.05 bits per heavy atom. The summed E-state index contributed by atoms with van der Waals surface area (Å²) >= 11 is 0. The van der Waals surface area contributed by atoms with E-state index in [4.69, 9.17) is 5.73 Å². The molecule has 3 N–H and O–H groups in total. The van der Waals surface area contributed by atoms with Crippen LogP contribution in [0, 0.1) is 0 Å². The zero-order chi connectivity index (χ0) is 14.7. The molecular formula is C17H25N3O. The summed E-state index contributed by atoms with van der Waals surface area (Å²) in [5.74, 6) is -0.00345. The number of hydrogen-bond acceptors (Lipinski definition) is 3. The fourth-order valence-electron chi connectivity index (χ4n) is 3.67. The SMILES string of the molecule is NC(Cc1ccccc1)C(=O)NC1CCN2CCCCC12. The number of benzene rings is 1. The third kappa shape index (κ3) is 3.44. The van der Waals surface area contributed by atoms with Crippen LogP contribution < -0.4 is 11.1 Å². The third-order valence-electron chi connectivity index (χ3n) is 4.82. The van der Waals surface area contributed by atoms with Crippen LogP contribution in [-0.4, -0.2) is 42.0 Å². The fourth-order valence-corrected chi connectivity index (χ4v) is 3.67. The first-order valence-electron chi connectivity index (χ1n) is 8.08. The number of fused-ring (bicyclic) bond motifs is 1. The number of nitrogens with two attached hydrogens (primary N) is 1. The van der Waals surface area contributed by atoms with E-state index >= 15 is 0 Å². The lowest BCUT2D eigenvalue weighted by Crippen LogP contribution is -2.51. The quantitative estimate of drug-likeness (QED) is 0.877. The molecule has 0 aromatic heterocycles. The number of piperidine rings is 1. The molecule has 2 fully saturated rings. The summed E-state index contributed by atoms with van der Waals surface area (Å²) in [6.07, 6.45) is 5.45. The predicted octanol–water partition coefficient (Wildman–Crippen LogP) is 1.30. The van der Waals surface area contributed by atoms with Gasteiger partial charge in [-0.2, -0.15) is 0 Å². The van der Waals surface area contributed by atoms with Gasteiger partial charge in [-0.15, -0.1) is 0 Å². The van der Waals surface area contributed by atoms with Crippen molar-refractivity contribution in [3.63, 3.8) is 0 Å². The molecule has 114 valence electrons. The standard InChI is InChI=1S/C17H25N3O/c18-14(12-13-6-2-1-3-7-13)17(21)19-15-9-11-20-10-5-4-8-16(15)20/h1-3,6-7,14-16H,4-5,8-12,18H2,(H,19,21). The Hall–Kier alpha value is -1.39. The molecule has 1 aromatic carbocycles. The van der Waals surface area contributed by atoms with Crippen molar-refractivity contribution < 1.29 is 4.79 Å². The van der Waals surface area contributed by atoms with Gasteiger partial charge < -0.3 is 11.1 Å². The summed E-state index contributed by atoms with van der Waals surface area (Å²) < 4.78 is 0. The number of hydrogen-bond donors (Lipinski definition) is 2. The molecule has 4 heteroatoms. The molecule has 0 bridgehead atoms. The Balaban J connectivity index is 1.53. The first kappa shape index (κ1) is 14.5. The minimum atomic E-state index is -0.454. The molecule has 2 aliphatic rings. The van der Waals surface area contributed by atoms with Gasteiger partial charge in [0.05, 0.1) is 6.04 Å². The summed E-state index contributed by atoms with van der Waals surface area (Å²) in [4.78, 5) is 14.8. The van der Waals surface area contributed by atoms with Crippen molar-refractivity contribution in [2.75, 3.05) is 13.1 Å². The Bertz CT molecular complexity index is 476. The van der Waals surface area contributed by atoms with Crippen LogP contribution in [0.1, 0.15) is 31.2 Å². The first-order valence-corrected chi connectivity index (χ1v) is 8.08. The van der Waals surface area contributed by atoms with Crippen molar-refractivity contribution in [3.8, 4) is 0 Å². The van der Waals surface area contributed by atoms with E-state index in [-0.39, 0.29) is 5.91 Å². The maximum absolute atomic E-state index is 12.3. The minimum absolute atomic E-state index is 0.00345. The van der Waals surface area contributed by atoms with Gasteiger partial charge in [0.1, 0.15) is 0 Å². The number of carbonyl (C=O) groups is 1. The molecule has 1 aromatic rings. The highest BCUT2D eigenvalue weighted by Crippen LogP contribution is 2.27. The number of carbonyl (C=O) groups excluding carboxylic acids is 1. The molecule has 0 radical (unpaired) electrons. The highest BCUT2D eigenvalue weighted by Gasteiger charge is 2.36. The van der Waals surface area contributed by atoms with Crippen molar-refractivity contribution in [1.29, 1.82) is 0 Å². The Kier molecular flexibility index (Phi) is 4.56. The van der Waals surface area contributed by atoms with Crippen LogP contribution in [0.2, 0.25) is 0 Å². The highest BCUT2D eigenvalue weighted by atomic mass is 16.2. The second kappa shape index (κ2) is 6.58. The molecule has 21 heavy (non-hydrogen) atoms. The van der Waals surface area contributed by atoms with E-state index in [1.54, 1.807) is 0 Å². The summed E-state index contributed by atoms with van der Waals surface area (Å²) in [6.45, 7) is 2.30. The van der Waals surface area contributed by atoms with Gasteiger partial charge in [0, 0.05) is 18.6 Å². The second-order valence-corrected chi connectivity index (χ2v) is 6.30. The average Bonchev–Trinajstić information content (AvgIpc) is 2.91. The Labute approximate surface area is 126 Å². The monoisotopic (exact) mass is 287 g/mol. The number of amides is 1. The maximum Gasteiger partial charge on any atom is 0.237 e. The van der Waals surface area contributed by atoms with Crippen molar-refractivity contribution in [2.45, 2.75) is 50.2 Å². The molecule has 2 saturated heterocycles. The second-order valence-electron chi connectivity index (χ2n) is 6.30. The van der Waals surface area contributed by atoms with Crippen LogP contribution in [0.25, 0.3) is 0 Å². The van der Waals surface area contributed by atoms with Gasteiger partial charge in [-0.1, -0.05) is 36.8 Å². The van der Waals surface area contributed by atoms with Gasteiger partial charge in [-0.3, -0.25) is 9.69 Å². The van der Waals surface area contributed by atoms with E-state index in [2.05, 4.69) is 10.2 Å². The van der Waals surface area contributed by atoms with Gasteiger partial charge >= 0.3 is 0 Å². The lowest BCUT2D eigenvalue weighted by atomic mass is 9.98. The topological polar surface area (TPSA) is 58.4 Å². The number of rotatable bonds is 4.